The van der Waals surface area contributed by atoms with Crippen LogP contribution >= 0.6 is 0 Å². The quantitative estimate of drug-likeness (QED) is 0.919. The molecule has 2 heterocycles. The predicted molar refractivity (Wildman–Crippen MR) is 82.8 cm³/mol. The Bertz CT molecular complexity index is 694. The second-order valence-corrected chi connectivity index (χ2v) is 5.76. The van der Waals surface area contributed by atoms with Gasteiger partial charge in [-0.2, -0.15) is 0 Å². The summed E-state index contributed by atoms with van der Waals surface area (Å²) in [5.41, 5.74) is 7.32. The predicted octanol–water partition coefficient (Wildman–Crippen LogP) is 1.15. The number of nitrogens with two attached hydrogens (primary N) is 1. The molecule has 3 rings (SSSR count). The lowest BCUT2D eigenvalue weighted by Gasteiger charge is -2.31. The Morgan fingerprint density at radius 1 is 1.32 bits per heavy atom. The van der Waals surface area contributed by atoms with E-state index < -0.39 is 0 Å². The first-order valence-corrected chi connectivity index (χ1v) is 7.62. The van der Waals surface area contributed by atoms with Gasteiger partial charge in [-0.25, -0.2) is 4.98 Å². The van der Waals surface area contributed by atoms with Crippen molar-refractivity contribution in [1.82, 2.24) is 14.5 Å². The molecular weight excluding hydrogens is 280 g/mol. The summed E-state index contributed by atoms with van der Waals surface area (Å²) in [6, 6.07) is 7.86. The minimum atomic E-state index is -0.307. The minimum absolute atomic E-state index is 0.0729. The number of imidazole rings is 1. The first kappa shape index (κ1) is 14.6. The van der Waals surface area contributed by atoms with Crippen molar-refractivity contribution in [3.63, 3.8) is 0 Å². The molecule has 1 atom stereocenters. The monoisotopic (exact) mass is 300 g/mol. The Morgan fingerprint density at radius 3 is 2.95 bits per heavy atom. The van der Waals surface area contributed by atoms with E-state index in [0.717, 1.165) is 23.9 Å². The van der Waals surface area contributed by atoms with Gasteiger partial charge in [-0.15, -0.1) is 0 Å². The van der Waals surface area contributed by atoms with Gasteiger partial charge in [0.2, 0.25) is 11.8 Å². The van der Waals surface area contributed by atoms with Crippen molar-refractivity contribution < 1.29 is 9.59 Å². The van der Waals surface area contributed by atoms with Crippen molar-refractivity contribution >= 4 is 22.8 Å². The summed E-state index contributed by atoms with van der Waals surface area (Å²) in [6.45, 7) is 1.77. The van der Waals surface area contributed by atoms with E-state index in [4.69, 9.17) is 5.73 Å². The Kier molecular flexibility index (Phi) is 4.09. The number of benzene rings is 1. The van der Waals surface area contributed by atoms with E-state index in [1.165, 1.54) is 0 Å². The Hall–Kier alpha value is -2.37. The van der Waals surface area contributed by atoms with Crippen LogP contribution in [-0.4, -0.2) is 39.4 Å². The maximum Gasteiger partial charge on any atom is 0.224 e. The molecule has 1 saturated heterocycles. The van der Waals surface area contributed by atoms with Crippen LogP contribution in [0.15, 0.2) is 30.6 Å². The largest absolute Gasteiger partial charge is 0.369 e. The summed E-state index contributed by atoms with van der Waals surface area (Å²) in [5, 5.41) is 0. The van der Waals surface area contributed by atoms with E-state index in [1.807, 2.05) is 28.8 Å². The number of amides is 2. The average Bonchev–Trinajstić information content (AvgIpc) is 2.96. The molecule has 2 N–H and O–H groups in total. The molecule has 116 valence electrons. The lowest BCUT2D eigenvalue weighted by Crippen LogP contribution is -2.44. The van der Waals surface area contributed by atoms with Crippen molar-refractivity contribution in [2.75, 3.05) is 13.1 Å². The Labute approximate surface area is 128 Å². The molecule has 6 nitrogen and oxygen atoms in total. The SMILES string of the molecule is NC(=O)C1CCCN(C(=O)CCn2cnc3ccccc32)C1. The third kappa shape index (κ3) is 2.95. The van der Waals surface area contributed by atoms with Crippen molar-refractivity contribution in [3.05, 3.63) is 30.6 Å². The van der Waals surface area contributed by atoms with Gasteiger partial charge in [0.15, 0.2) is 0 Å². The number of para-hydroxylation sites is 2. The lowest BCUT2D eigenvalue weighted by atomic mass is 9.97. The Morgan fingerprint density at radius 2 is 2.14 bits per heavy atom. The highest BCUT2D eigenvalue weighted by molar-refractivity contribution is 5.80. The molecule has 1 aliphatic heterocycles. The number of likely N-dealkylation sites (tertiary alicyclic amines) is 1. The van der Waals surface area contributed by atoms with Gasteiger partial charge in [-0.3, -0.25) is 9.59 Å². The number of aromatic nitrogens is 2. The number of piperidine rings is 1. The first-order valence-electron chi connectivity index (χ1n) is 7.62. The summed E-state index contributed by atoms with van der Waals surface area (Å²) in [5.74, 6) is -0.436. The van der Waals surface area contributed by atoms with Crippen molar-refractivity contribution in [2.24, 2.45) is 11.7 Å². The van der Waals surface area contributed by atoms with Gasteiger partial charge in [-0.1, -0.05) is 12.1 Å². The van der Waals surface area contributed by atoms with Gasteiger partial charge in [0.05, 0.1) is 23.3 Å². The maximum atomic E-state index is 12.3. The lowest BCUT2D eigenvalue weighted by molar-refractivity contribution is -0.135. The number of primary amides is 1. The summed E-state index contributed by atoms with van der Waals surface area (Å²) in [7, 11) is 0. The van der Waals surface area contributed by atoms with Crippen LogP contribution in [0.4, 0.5) is 0 Å². The molecule has 1 aromatic carbocycles. The zero-order valence-corrected chi connectivity index (χ0v) is 12.4. The Balaban J connectivity index is 1.61. The average molecular weight is 300 g/mol. The van der Waals surface area contributed by atoms with E-state index in [0.29, 0.717) is 26.1 Å². The van der Waals surface area contributed by atoms with Gasteiger partial charge < -0.3 is 15.2 Å². The first-order chi connectivity index (χ1) is 10.6. The number of aryl methyl sites for hydroxylation is 1. The number of fused-ring (bicyclic) bond motifs is 1. The number of rotatable bonds is 4. The minimum Gasteiger partial charge on any atom is -0.369 e. The van der Waals surface area contributed by atoms with E-state index in [1.54, 1.807) is 11.2 Å². The third-order valence-electron chi connectivity index (χ3n) is 4.27. The maximum absolute atomic E-state index is 12.3. The molecule has 0 aliphatic carbocycles. The fourth-order valence-electron chi connectivity index (χ4n) is 3.00. The third-order valence-corrected chi connectivity index (χ3v) is 4.27. The van der Waals surface area contributed by atoms with Crippen molar-refractivity contribution in [2.45, 2.75) is 25.8 Å². The van der Waals surface area contributed by atoms with E-state index in [2.05, 4.69) is 4.98 Å². The standard InChI is InChI=1S/C16H20N4O2/c17-16(22)12-4-3-8-19(10-12)15(21)7-9-20-11-18-13-5-1-2-6-14(13)20/h1-2,5-6,11-12H,3-4,7-10H2,(H2,17,22). The fraction of sp³-hybridized carbons (Fsp3) is 0.438. The number of nitrogens with zero attached hydrogens (tertiary/aromatic N) is 3. The van der Waals surface area contributed by atoms with E-state index in [-0.39, 0.29) is 17.7 Å². The van der Waals surface area contributed by atoms with Crippen LogP contribution in [-0.2, 0) is 16.1 Å². The molecule has 1 aromatic heterocycles. The molecular formula is C16H20N4O2. The molecule has 1 fully saturated rings. The summed E-state index contributed by atoms with van der Waals surface area (Å²) < 4.78 is 1.99. The van der Waals surface area contributed by atoms with Crippen molar-refractivity contribution in [3.8, 4) is 0 Å². The molecule has 1 unspecified atom stereocenters. The van der Waals surface area contributed by atoms with Crippen LogP contribution in [0.5, 0.6) is 0 Å². The van der Waals surface area contributed by atoms with Crippen LogP contribution in [0.25, 0.3) is 11.0 Å². The second-order valence-electron chi connectivity index (χ2n) is 5.76. The van der Waals surface area contributed by atoms with Gasteiger partial charge in [-0.05, 0) is 25.0 Å². The molecule has 0 bridgehead atoms. The van der Waals surface area contributed by atoms with Crippen LogP contribution in [0.3, 0.4) is 0 Å². The summed E-state index contributed by atoms with van der Waals surface area (Å²) in [6.07, 6.45) is 3.80. The fourth-order valence-corrected chi connectivity index (χ4v) is 3.00. The van der Waals surface area contributed by atoms with Crippen LogP contribution in [0.1, 0.15) is 19.3 Å². The highest BCUT2D eigenvalue weighted by Crippen LogP contribution is 2.17. The number of carbonyl (C=O) groups is 2. The van der Waals surface area contributed by atoms with Gasteiger partial charge in [0.1, 0.15) is 0 Å². The number of hydrogen-bond donors (Lipinski definition) is 1. The van der Waals surface area contributed by atoms with E-state index >= 15 is 0 Å². The van der Waals surface area contributed by atoms with Gasteiger partial charge in [0.25, 0.3) is 0 Å². The van der Waals surface area contributed by atoms with Gasteiger partial charge >= 0.3 is 0 Å². The van der Waals surface area contributed by atoms with Crippen LogP contribution in [0, 0.1) is 5.92 Å². The van der Waals surface area contributed by atoms with E-state index in [9.17, 15) is 9.59 Å². The van der Waals surface area contributed by atoms with Crippen LogP contribution < -0.4 is 5.73 Å². The molecule has 0 spiro atoms. The van der Waals surface area contributed by atoms with Crippen molar-refractivity contribution in [1.29, 1.82) is 0 Å². The zero-order valence-electron chi connectivity index (χ0n) is 12.4. The normalized spacial score (nSPS) is 18.5. The second kappa shape index (κ2) is 6.17. The summed E-state index contributed by atoms with van der Waals surface area (Å²) >= 11 is 0. The molecule has 22 heavy (non-hydrogen) atoms. The molecule has 1 aliphatic rings. The smallest absolute Gasteiger partial charge is 0.224 e. The highest BCUT2D eigenvalue weighted by atomic mass is 16.2. The van der Waals surface area contributed by atoms with Gasteiger partial charge in [0, 0.05) is 26.1 Å². The topological polar surface area (TPSA) is 81.2 Å². The van der Waals surface area contributed by atoms with Crippen LogP contribution in [0.2, 0.25) is 0 Å². The molecule has 0 radical (unpaired) electrons. The number of carbonyl (C=O) groups excluding carboxylic acids is 2. The molecule has 2 aromatic rings. The summed E-state index contributed by atoms with van der Waals surface area (Å²) in [4.78, 5) is 29.7. The molecule has 0 saturated carbocycles. The molecule has 2 amide bonds. The number of hydrogen-bond acceptors (Lipinski definition) is 3. The highest BCUT2D eigenvalue weighted by Gasteiger charge is 2.26. The molecule has 6 heteroatoms. The zero-order chi connectivity index (χ0) is 15.5.